The molecule has 0 aliphatic heterocycles. The van der Waals surface area contributed by atoms with E-state index in [0.29, 0.717) is 12.5 Å². The van der Waals surface area contributed by atoms with E-state index in [1.807, 2.05) is 0 Å². The van der Waals surface area contributed by atoms with E-state index in [9.17, 15) is 4.79 Å². The maximum Gasteiger partial charge on any atom is 0.404 e. The van der Waals surface area contributed by atoms with Gasteiger partial charge in [-0.3, -0.25) is 0 Å². The Balaban J connectivity index is 3.41. The Morgan fingerprint density at radius 2 is 2.07 bits per heavy atom. The van der Waals surface area contributed by atoms with Crippen molar-refractivity contribution in [3.63, 3.8) is 0 Å². The molecule has 0 aromatic heterocycles. The lowest BCUT2D eigenvalue weighted by molar-refractivity contribution is 0.149. The molecule has 0 radical (unpaired) electrons. The van der Waals surface area contributed by atoms with Gasteiger partial charge in [0.15, 0.2) is 0 Å². The summed E-state index contributed by atoms with van der Waals surface area (Å²) in [5.41, 5.74) is 6.20. The van der Waals surface area contributed by atoms with Gasteiger partial charge in [-0.1, -0.05) is 18.6 Å². The van der Waals surface area contributed by atoms with Crippen molar-refractivity contribution < 1.29 is 9.53 Å². The summed E-state index contributed by atoms with van der Waals surface area (Å²) in [7, 11) is 0. The predicted molar refractivity (Wildman–Crippen MR) is 58.0 cm³/mol. The minimum absolute atomic E-state index is 0.436. The quantitative estimate of drug-likeness (QED) is 0.669. The van der Waals surface area contributed by atoms with Crippen LogP contribution in [0.25, 0.3) is 0 Å². The van der Waals surface area contributed by atoms with Crippen molar-refractivity contribution in [2.45, 2.75) is 40.0 Å². The zero-order chi connectivity index (χ0) is 11.0. The molecule has 0 saturated heterocycles. The van der Waals surface area contributed by atoms with Crippen molar-refractivity contribution in [3.05, 3.63) is 11.6 Å². The first-order valence-corrected chi connectivity index (χ1v) is 5.08. The first-order valence-electron chi connectivity index (χ1n) is 5.08. The van der Waals surface area contributed by atoms with Crippen molar-refractivity contribution in [1.29, 1.82) is 0 Å². The maximum absolute atomic E-state index is 10.3. The first kappa shape index (κ1) is 13.0. The first-order chi connectivity index (χ1) is 6.52. The topological polar surface area (TPSA) is 52.3 Å². The molecule has 0 aliphatic rings. The normalized spacial score (nSPS) is 11.9. The molecule has 0 spiro atoms. The Hall–Kier alpha value is -0.990. The van der Waals surface area contributed by atoms with Crippen LogP contribution in [-0.2, 0) is 4.74 Å². The number of hydrogen-bond acceptors (Lipinski definition) is 2. The smallest absolute Gasteiger partial charge is 0.404 e. The van der Waals surface area contributed by atoms with Gasteiger partial charge in [-0.05, 0) is 39.0 Å². The van der Waals surface area contributed by atoms with Crippen molar-refractivity contribution in [3.8, 4) is 0 Å². The summed E-state index contributed by atoms with van der Waals surface area (Å²) in [5, 5.41) is 0. The maximum atomic E-state index is 10.3. The van der Waals surface area contributed by atoms with E-state index in [0.717, 1.165) is 19.3 Å². The Bertz CT molecular complexity index is 195. The van der Waals surface area contributed by atoms with Gasteiger partial charge in [-0.25, -0.2) is 4.79 Å². The number of amides is 1. The zero-order valence-electron chi connectivity index (χ0n) is 9.38. The van der Waals surface area contributed by atoms with E-state index in [2.05, 4.69) is 31.6 Å². The van der Waals surface area contributed by atoms with E-state index in [-0.39, 0.29) is 0 Å². The monoisotopic (exact) mass is 199 g/mol. The molecule has 3 nitrogen and oxygen atoms in total. The highest BCUT2D eigenvalue weighted by Gasteiger charge is 2.02. The molecule has 82 valence electrons. The van der Waals surface area contributed by atoms with Gasteiger partial charge in [0, 0.05) is 0 Å². The second kappa shape index (κ2) is 7.42. The molecule has 3 heteroatoms. The largest absolute Gasteiger partial charge is 0.450 e. The fraction of sp³-hybridized carbons (Fsp3) is 0.727. The summed E-state index contributed by atoms with van der Waals surface area (Å²) in [6.07, 6.45) is 4.67. The average Bonchev–Trinajstić information content (AvgIpc) is 2.02. The number of carbonyl (C=O) groups is 1. The molecule has 14 heavy (non-hydrogen) atoms. The summed E-state index contributed by atoms with van der Waals surface area (Å²) >= 11 is 0. The van der Waals surface area contributed by atoms with Gasteiger partial charge in [-0.15, -0.1) is 0 Å². The third kappa shape index (κ3) is 9.10. The third-order valence-corrected chi connectivity index (χ3v) is 2.07. The lowest BCUT2D eigenvalue weighted by atomic mass is 10.0. The molecule has 0 aromatic rings. The van der Waals surface area contributed by atoms with Gasteiger partial charge in [0.1, 0.15) is 0 Å². The van der Waals surface area contributed by atoms with Crippen molar-refractivity contribution in [2.24, 2.45) is 11.7 Å². The Morgan fingerprint density at radius 1 is 1.43 bits per heavy atom. The number of rotatable bonds is 6. The standard InChI is InChI=1S/C11H21NO2/c1-9(2)5-4-6-10(3)7-8-14-11(12)13/h5,10H,4,6-8H2,1-3H3,(H2,12,13)/t10-/m1/s1. The molecule has 0 fully saturated rings. The molecule has 0 unspecified atom stereocenters. The van der Waals surface area contributed by atoms with Crippen molar-refractivity contribution >= 4 is 6.09 Å². The van der Waals surface area contributed by atoms with Gasteiger partial charge < -0.3 is 10.5 Å². The molecular weight excluding hydrogens is 178 g/mol. The highest BCUT2D eigenvalue weighted by molar-refractivity contribution is 5.64. The minimum Gasteiger partial charge on any atom is -0.450 e. The molecule has 0 aromatic carbocycles. The zero-order valence-corrected chi connectivity index (χ0v) is 9.38. The number of ether oxygens (including phenoxy) is 1. The molecule has 2 N–H and O–H groups in total. The number of carbonyl (C=O) groups excluding carboxylic acids is 1. The van der Waals surface area contributed by atoms with Gasteiger partial charge in [-0.2, -0.15) is 0 Å². The highest BCUT2D eigenvalue weighted by atomic mass is 16.5. The van der Waals surface area contributed by atoms with Gasteiger partial charge in [0.05, 0.1) is 6.61 Å². The molecule has 0 bridgehead atoms. The van der Waals surface area contributed by atoms with Crippen LogP contribution in [0.15, 0.2) is 11.6 Å². The molecule has 0 aliphatic carbocycles. The Labute approximate surface area is 86.3 Å². The number of allylic oxidation sites excluding steroid dienone is 2. The lowest BCUT2D eigenvalue weighted by Gasteiger charge is -2.09. The second-order valence-corrected chi connectivity index (χ2v) is 3.92. The summed E-state index contributed by atoms with van der Waals surface area (Å²) in [6.45, 7) is 6.79. The third-order valence-electron chi connectivity index (χ3n) is 2.07. The lowest BCUT2D eigenvalue weighted by Crippen LogP contribution is -2.15. The summed E-state index contributed by atoms with van der Waals surface area (Å²) in [6, 6.07) is 0. The van der Waals surface area contributed by atoms with Gasteiger partial charge in [0.25, 0.3) is 0 Å². The van der Waals surface area contributed by atoms with E-state index in [1.54, 1.807) is 0 Å². The Kier molecular flexibility index (Phi) is 6.89. The number of hydrogen-bond donors (Lipinski definition) is 1. The summed E-state index contributed by atoms with van der Waals surface area (Å²) < 4.78 is 4.66. The van der Waals surface area contributed by atoms with Crippen LogP contribution >= 0.6 is 0 Å². The van der Waals surface area contributed by atoms with E-state index in [4.69, 9.17) is 5.73 Å². The molecule has 0 rings (SSSR count). The van der Waals surface area contributed by atoms with Crippen LogP contribution < -0.4 is 5.73 Å². The van der Waals surface area contributed by atoms with E-state index >= 15 is 0 Å². The van der Waals surface area contributed by atoms with Gasteiger partial charge >= 0.3 is 6.09 Å². The summed E-state index contributed by atoms with van der Waals surface area (Å²) in [5.74, 6) is 0.574. The SMILES string of the molecule is CC(C)=CCC[C@@H](C)CCOC(N)=O. The molecular formula is C11H21NO2. The van der Waals surface area contributed by atoms with Crippen LogP contribution in [0.1, 0.15) is 40.0 Å². The highest BCUT2D eigenvalue weighted by Crippen LogP contribution is 2.11. The van der Waals surface area contributed by atoms with Crippen LogP contribution in [0, 0.1) is 5.92 Å². The molecule has 0 heterocycles. The second-order valence-electron chi connectivity index (χ2n) is 3.92. The van der Waals surface area contributed by atoms with Crippen molar-refractivity contribution in [2.75, 3.05) is 6.61 Å². The predicted octanol–water partition coefficient (Wildman–Crippen LogP) is 2.85. The van der Waals surface area contributed by atoms with Gasteiger partial charge in [0.2, 0.25) is 0 Å². The van der Waals surface area contributed by atoms with Crippen LogP contribution in [-0.4, -0.2) is 12.7 Å². The fourth-order valence-corrected chi connectivity index (χ4v) is 1.16. The molecule has 1 amide bonds. The average molecular weight is 199 g/mol. The van der Waals surface area contributed by atoms with Crippen LogP contribution in [0.5, 0.6) is 0 Å². The van der Waals surface area contributed by atoms with Crippen molar-refractivity contribution in [1.82, 2.24) is 0 Å². The van der Waals surface area contributed by atoms with Crippen LogP contribution in [0.2, 0.25) is 0 Å². The van der Waals surface area contributed by atoms with E-state index in [1.165, 1.54) is 5.57 Å². The minimum atomic E-state index is -0.679. The molecule has 0 saturated carbocycles. The number of nitrogens with two attached hydrogens (primary N) is 1. The fourth-order valence-electron chi connectivity index (χ4n) is 1.16. The van der Waals surface area contributed by atoms with E-state index < -0.39 is 6.09 Å². The van der Waals surface area contributed by atoms with Crippen LogP contribution in [0.3, 0.4) is 0 Å². The Morgan fingerprint density at radius 3 is 2.57 bits per heavy atom. The number of primary amides is 1. The molecule has 1 atom stereocenters. The summed E-state index contributed by atoms with van der Waals surface area (Å²) in [4.78, 5) is 10.3. The van der Waals surface area contributed by atoms with Crippen LogP contribution in [0.4, 0.5) is 4.79 Å².